The van der Waals surface area contributed by atoms with Crippen LogP contribution < -0.4 is 10.1 Å². The van der Waals surface area contributed by atoms with E-state index >= 15 is 0 Å². The van der Waals surface area contributed by atoms with E-state index in [1.165, 1.54) is 0 Å². The quantitative estimate of drug-likeness (QED) is 0.668. The lowest BCUT2D eigenvalue weighted by molar-refractivity contribution is 0.102. The first-order valence-electron chi connectivity index (χ1n) is 7.24. The molecule has 1 amide bonds. The average molecular weight is 356 g/mol. The van der Waals surface area contributed by atoms with Crippen molar-refractivity contribution in [3.05, 3.63) is 59.6 Å². The Balaban J connectivity index is 1.77. The van der Waals surface area contributed by atoms with Gasteiger partial charge in [0.25, 0.3) is 5.91 Å². The van der Waals surface area contributed by atoms with Gasteiger partial charge in [-0.15, -0.1) is 23.1 Å². The van der Waals surface area contributed by atoms with Crippen LogP contribution in [0.5, 0.6) is 5.75 Å². The zero-order chi connectivity index (χ0) is 16.9. The van der Waals surface area contributed by atoms with Crippen LogP contribution in [0.2, 0.25) is 0 Å². The Kier molecular flexibility index (Phi) is 5.17. The standard InChI is InChI=1S/C18H16N2O2S2/c1-22-16-11-14(23-2)7-8-15(16)17(21)20-13-5-3-12(4-6-13)18-19-9-10-24-18/h3-11H,1-2H3,(H,20,21). The number of benzene rings is 2. The Labute approximate surface area is 148 Å². The molecule has 0 unspecified atom stereocenters. The molecule has 122 valence electrons. The molecule has 0 radical (unpaired) electrons. The molecule has 0 fully saturated rings. The summed E-state index contributed by atoms with van der Waals surface area (Å²) in [5.74, 6) is 0.375. The van der Waals surface area contributed by atoms with Gasteiger partial charge >= 0.3 is 0 Å². The summed E-state index contributed by atoms with van der Waals surface area (Å²) in [5, 5.41) is 5.80. The summed E-state index contributed by atoms with van der Waals surface area (Å²) in [6, 6.07) is 13.2. The lowest BCUT2D eigenvalue weighted by Crippen LogP contribution is -2.13. The van der Waals surface area contributed by atoms with Gasteiger partial charge in [0, 0.05) is 27.7 Å². The number of carbonyl (C=O) groups is 1. The number of hydrogen-bond donors (Lipinski definition) is 1. The zero-order valence-electron chi connectivity index (χ0n) is 13.3. The predicted octanol–water partition coefficient (Wildman–Crippen LogP) is 4.79. The summed E-state index contributed by atoms with van der Waals surface area (Å²) >= 11 is 3.19. The summed E-state index contributed by atoms with van der Waals surface area (Å²) in [6.07, 6.45) is 3.76. The number of thioether (sulfide) groups is 1. The van der Waals surface area contributed by atoms with Gasteiger partial charge in [-0.1, -0.05) is 0 Å². The van der Waals surface area contributed by atoms with Crippen molar-refractivity contribution in [3.8, 4) is 16.3 Å². The van der Waals surface area contributed by atoms with Gasteiger partial charge in [-0.25, -0.2) is 4.98 Å². The smallest absolute Gasteiger partial charge is 0.259 e. The molecule has 1 heterocycles. The van der Waals surface area contributed by atoms with Crippen LogP contribution in [-0.4, -0.2) is 24.3 Å². The van der Waals surface area contributed by atoms with E-state index in [-0.39, 0.29) is 5.91 Å². The largest absolute Gasteiger partial charge is 0.496 e. The van der Waals surface area contributed by atoms with Gasteiger partial charge < -0.3 is 10.1 Å². The van der Waals surface area contributed by atoms with Crippen molar-refractivity contribution >= 4 is 34.7 Å². The Morgan fingerprint density at radius 1 is 1.21 bits per heavy atom. The number of anilines is 1. The van der Waals surface area contributed by atoms with Gasteiger partial charge in [0.1, 0.15) is 10.8 Å². The molecule has 4 nitrogen and oxygen atoms in total. The molecule has 0 bridgehead atoms. The fourth-order valence-electron chi connectivity index (χ4n) is 2.25. The van der Waals surface area contributed by atoms with Gasteiger partial charge in [0.2, 0.25) is 0 Å². The molecule has 1 N–H and O–H groups in total. The highest BCUT2D eigenvalue weighted by Crippen LogP contribution is 2.27. The molecule has 24 heavy (non-hydrogen) atoms. The van der Waals surface area contributed by atoms with Gasteiger partial charge in [-0.2, -0.15) is 0 Å². The van der Waals surface area contributed by atoms with Crippen LogP contribution in [0.25, 0.3) is 10.6 Å². The normalized spacial score (nSPS) is 10.4. The van der Waals surface area contributed by atoms with Gasteiger partial charge in [0.15, 0.2) is 0 Å². The van der Waals surface area contributed by atoms with E-state index in [0.717, 1.165) is 21.2 Å². The molecule has 0 spiro atoms. The predicted molar refractivity (Wildman–Crippen MR) is 100 cm³/mol. The second kappa shape index (κ2) is 7.51. The summed E-state index contributed by atoms with van der Waals surface area (Å²) in [5.41, 5.74) is 2.28. The van der Waals surface area contributed by atoms with Crippen LogP contribution in [0.1, 0.15) is 10.4 Å². The maximum Gasteiger partial charge on any atom is 0.259 e. The fraction of sp³-hybridized carbons (Fsp3) is 0.111. The lowest BCUT2D eigenvalue weighted by Gasteiger charge is -2.11. The van der Waals surface area contributed by atoms with Crippen molar-refractivity contribution in [1.29, 1.82) is 0 Å². The molecule has 3 aromatic rings. The number of hydrogen-bond acceptors (Lipinski definition) is 5. The number of aromatic nitrogens is 1. The maximum absolute atomic E-state index is 12.5. The van der Waals surface area contributed by atoms with Gasteiger partial charge in [-0.3, -0.25) is 4.79 Å². The third kappa shape index (κ3) is 3.60. The van der Waals surface area contributed by atoms with Crippen molar-refractivity contribution in [3.63, 3.8) is 0 Å². The van der Waals surface area contributed by atoms with E-state index in [0.29, 0.717) is 11.3 Å². The van der Waals surface area contributed by atoms with Crippen LogP contribution in [0.3, 0.4) is 0 Å². The monoisotopic (exact) mass is 356 g/mol. The molecule has 0 atom stereocenters. The average Bonchev–Trinajstić information content (AvgIpc) is 3.16. The number of amides is 1. The molecule has 2 aromatic carbocycles. The number of ether oxygens (including phenoxy) is 1. The molecule has 1 aromatic heterocycles. The van der Waals surface area contributed by atoms with Gasteiger partial charge in [-0.05, 0) is 48.7 Å². The number of thiazole rings is 1. The van der Waals surface area contributed by atoms with E-state index in [1.54, 1.807) is 42.5 Å². The SMILES string of the molecule is COc1cc(SC)ccc1C(=O)Nc1ccc(-c2nccs2)cc1. The Hall–Kier alpha value is -2.31. The number of nitrogens with zero attached hydrogens (tertiary/aromatic N) is 1. The van der Waals surface area contributed by atoms with Crippen molar-refractivity contribution in [2.75, 3.05) is 18.7 Å². The van der Waals surface area contributed by atoms with Crippen LogP contribution in [0.15, 0.2) is 58.9 Å². The molecule has 0 saturated heterocycles. The second-order valence-electron chi connectivity index (χ2n) is 4.93. The van der Waals surface area contributed by atoms with E-state index in [1.807, 2.05) is 48.0 Å². The minimum Gasteiger partial charge on any atom is -0.496 e. The Bertz CT molecular complexity index is 831. The highest BCUT2D eigenvalue weighted by atomic mass is 32.2. The van der Waals surface area contributed by atoms with Crippen molar-refractivity contribution in [1.82, 2.24) is 4.98 Å². The number of nitrogens with one attached hydrogen (secondary N) is 1. The van der Waals surface area contributed by atoms with E-state index in [2.05, 4.69) is 10.3 Å². The zero-order valence-corrected chi connectivity index (χ0v) is 14.9. The highest BCUT2D eigenvalue weighted by molar-refractivity contribution is 7.98. The third-order valence-corrected chi connectivity index (χ3v) is 5.02. The molecule has 0 aliphatic carbocycles. The minimum atomic E-state index is -0.193. The summed E-state index contributed by atoms with van der Waals surface area (Å²) < 4.78 is 5.33. The molecule has 0 aliphatic rings. The number of carbonyl (C=O) groups excluding carboxylic acids is 1. The molecule has 3 rings (SSSR count). The van der Waals surface area contributed by atoms with Crippen molar-refractivity contribution in [2.45, 2.75) is 4.90 Å². The summed E-state index contributed by atoms with van der Waals surface area (Å²) in [4.78, 5) is 17.8. The van der Waals surface area contributed by atoms with Gasteiger partial charge in [0.05, 0.1) is 12.7 Å². The second-order valence-corrected chi connectivity index (χ2v) is 6.71. The van der Waals surface area contributed by atoms with E-state index < -0.39 is 0 Å². The van der Waals surface area contributed by atoms with Crippen molar-refractivity contribution < 1.29 is 9.53 Å². The fourth-order valence-corrected chi connectivity index (χ4v) is 3.32. The van der Waals surface area contributed by atoms with Crippen LogP contribution in [0, 0.1) is 0 Å². The van der Waals surface area contributed by atoms with E-state index in [9.17, 15) is 4.79 Å². The van der Waals surface area contributed by atoms with Crippen LogP contribution >= 0.6 is 23.1 Å². The summed E-state index contributed by atoms with van der Waals surface area (Å²) in [6.45, 7) is 0. The third-order valence-electron chi connectivity index (χ3n) is 3.48. The first-order chi connectivity index (χ1) is 11.7. The van der Waals surface area contributed by atoms with Crippen LogP contribution in [0.4, 0.5) is 5.69 Å². The first-order valence-corrected chi connectivity index (χ1v) is 9.35. The number of rotatable bonds is 5. The molecule has 6 heteroatoms. The topological polar surface area (TPSA) is 51.2 Å². The molecule has 0 saturated carbocycles. The van der Waals surface area contributed by atoms with Crippen molar-refractivity contribution in [2.24, 2.45) is 0 Å². The molecular formula is C18H16N2O2S2. The van der Waals surface area contributed by atoms with E-state index in [4.69, 9.17) is 4.74 Å². The van der Waals surface area contributed by atoms with Crippen LogP contribution in [-0.2, 0) is 0 Å². The minimum absolute atomic E-state index is 0.193. The summed E-state index contributed by atoms with van der Waals surface area (Å²) in [7, 11) is 1.57. The Morgan fingerprint density at radius 2 is 2.00 bits per heavy atom. The molecular weight excluding hydrogens is 340 g/mol. The highest BCUT2D eigenvalue weighted by Gasteiger charge is 2.13. The molecule has 0 aliphatic heterocycles. The first kappa shape index (κ1) is 16.5. The number of methoxy groups -OCH3 is 1. The maximum atomic E-state index is 12.5. The lowest BCUT2D eigenvalue weighted by atomic mass is 10.1. The Morgan fingerprint density at radius 3 is 2.62 bits per heavy atom.